The van der Waals surface area contributed by atoms with E-state index in [1.54, 1.807) is 24.3 Å². The molecule has 0 aliphatic carbocycles. The molecule has 1 aromatic rings. The molecule has 0 fully saturated rings. The average molecular weight is 266 g/mol. The molecule has 0 radical (unpaired) electrons. The summed E-state index contributed by atoms with van der Waals surface area (Å²) >= 11 is 0. The number of nitrogens with one attached hydrogen (secondary N) is 2. The van der Waals surface area contributed by atoms with E-state index in [0.29, 0.717) is 11.3 Å². The number of aliphatic hydroxyl groups is 1. The highest BCUT2D eigenvalue weighted by molar-refractivity contribution is 5.95. The first-order chi connectivity index (χ1) is 8.90. The molecule has 1 rings (SSSR count). The van der Waals surface area contributed by atoms with Gasteiger partial charge in [-0.25, -0.2) is 9.59 Å². The van der Waals surface area contributed by atoms with Crippen molar-refractivity contribution >= 4 is 23.5 Å². The molecule has 7 nitrogen and oxygen atoms in total. The van der Waals surface area contributed by atoms with Crippen LogP contribution in [0.2, 0.25) is 0 Å². The monoisotopic (exact) mass is 266 g/mol. The Morgan fingerprint density at radius 1 is 1.21 bits per heavy atom. The Morgan fingerprint density at radius 2 is 1.79 bits per heavy atom. The number of rotatable bonds is 5. The van der Waals surface area contributed by atoms with Gasteiger partial charge in [-0.05, 0) is 31.2 Å². The molecule has 1 aromatic carbocycles. The third-order valence-electron chi connectivity index (χ3n) is 2.29. The zero-order chi connectivity index (χ0) is 14.4. The van der Waals surface area contributed by atoms with Crippen molar-refractivity contribution < 1.29 is 24.6 Å². The van der Waals surface area contributed by atoms with Crippen LogP contribution < -0.4 is 10.6 Å². The quantitative estimate of drug-likeness (QED) is 0.578. The van der Waals surface area contributed by atoms with E-state index in [4.69, 9.17) is 10.2 Å². The van der Waals surface area contributed by atoms with Crippen LogP contribution in [0.5, 0.6) is 0 Å². The van der Waals surface area contributed by atoms with Gasteiger partial charge in [0.1, 0.15) is 0 Å². The fraction of sp³-hybridized carbons (Fsp3) is 0.250. The van der Waals surface area contributed by atoms with Gasteiger partial charge in [-0.3, -0.25) is 4.79 Å². The number of amides is 2. The van der Waals surface area contributed by atoms with Crippen LogP contribution in [0, 0.1) is 0 Å². The lowest BCUT2D eigenvalue weighted by molar-refractivity contribution is -0.146. The molecule has 4 N–H and O–H groups in total. The summed E-state index contributed by atoms with van der Waals surface area (Å²) in [5.74, 6) is -1.49. The van der Waals surface area contributed by atoms with Crippen LogP contribution in [-0.4, -0.2) is 40.6 Å². The summed E-state index contributed by atoms with van der Waals surface area (Å²) in [6.07, 6.45) is -1.65. The molecule has 0 unspecified atom stereocenters. The van der Waals surface area contributed by atoms with E-state index in [0.717, 1.165) is 0 Å². The average Bonchev–Trinajstić information content (AvgIpc) is 2.36. The Morgan fingerprint density at radius 3 is 2.26 bits per heavy atom. The molecular weight excluding hydrogens is 252 g/mol. The molecule has 1 atom stereocenters. The number of benzene rings is 1. The Kier molecular flexibility index (Phi) is 5.01. The van der Waals surface area contributed by atoms with E-state index in [2.05, 4.69) is 10.6 Å². The van der Waals surface area contributed by atoms with Crippen molar-refractivity contribution in [3.8, 4) is 0 Å². The number of carbonyl (C=O) groups excluding carboxylic acids is 2. The molecule has 0 heterocycles. The molecule has 19 heavy (non-hydrogen) atoms. The van der Waals surface area contributed by atoms with Crippen LogP contribution in [0.3, 0.4) is 0 Å². The molecule has 102 valence electrons. The van der Waals surface area contributed by atoms with Crippen LogP contribution >= 0.6 is 0 Å². The summed E-state index contributed by atoms with van der Waals surface area (Å²) in [5.41, 5.74) is 0.972. The molecule has 0 saturated carbocycles. The maximum atomic E-state index is 11.4. The van der Waals surface area contributed by atoms with E-state index in [-0.39, 0.29) is 5.78 Å². The Balaban J connectivity index is 2.48. The van der Waals surface area contributed by atoms with Gasteiger partial charge in [0.2, 0.25) is 0 Å². The first-order valence-electron chi connectivity index (χ1n) is 5.47. The lowest BCUT2D eigenvalue weighted by atomic mass is 10.1. The number of carboxylic acids is 1. The number of urea groups is 1. The van der Waals surface area contributed by atoms with Crippen molar-refractivity contribution in [2.75, 3.05) is 11.9 Å². The zero-order valence-electron chi connectivity index (χ0n) is 10.2. The second kappa shape index (κ2) is 6.50. The van der Waals surface area contributed by atoms with Crippen molar-refractivity contribution in [3.63, 3.8) is 0 Å². The van der Waals surface area contributed by atoms with Crippen molar-refractivity contribution in [2.24, 2.45) is 0 Å². The maximum Gasteiger partial charge on any atom is 0.334 e. The molecule has 7 heteroatoms. The van der Waals surface area contributed by atoms with Crippen LogP contribution in [0.4, 0.5) is 10.5 Å². The standard InChI is InChI=1S/C12H14N2O5/c1-7(15)8-2-4-9(5-3-8)14-12(19)13-6-10(16)11(17)18/h2-5,10,16H,6H2,1H3,(H,17,18)(H2,13,14,19)/t10-/m0/s1. The van der Waals surface area contributed by atoms with Gasteiger partial charge < -0.3 is 20.8 Å². The van der Waals surface area contributed by atoms with Crippen molar-refractivity contribution in [2.45, 2.75) is 13.0 Å². The summed E-state index contributed by atoms with van der Waals surface area (Å²) in [7, 11) is 0. The topological polar surface area (TPSA) is 116 Å². The molecule has 0 spiro atoms. The number of Topliss-reactive ketones (excluding diaryl/α,β-unsaturated/α-hetero) is 1. The SMILES string of the molecule is CC(=O)c1ccc(NC(=O)NC[C@H](O)C(=O)O)cc1. The fourth-order valence-electron chi connectivity index (χ4n) is 1.24. The van der Waals surface area contributed by atoms with E-state index >= 15 is 0 Å². The second-order valence-electron chi connectivity index (χ2n) is 3.82. The minimum atomic E-state index is -1.65. The van der Waals surface area contributed by atoms with Crippen molar-refractivity contribution in [1.82, 2.24) is 5.32 Å². The van der Waals surface area contributed by atoms with E-state index in [1.807, 2.05) is 0 Å². The first kappa shape index (κ1) is 14.7. The molecular formula is C12H14N2O5. The fourth-order valence-corrected chi connectivity index (χ4v) is 1.24. The zero-order valence-corrected chi connectivity index (χ0v) is 10.2. The van der Waals surface area contributed by atoms with E-state index in [9.17, 15) is 14.4 Å². The number of anilines is 1. The Bertz CT molecular complexity index is 483. The summed E-state index contributed by atoms with van der Waals surface area (Å²) in [4.78, 5) is 32.7. The van der Waals surface area contributed by atoms with Gasteiger partial charge in [-0.2, -0.15) is 0 Å². The molecule has 0 aliphatic rings. The predicted octanol–water partition coefficient (Wildman–Crippen LogP) is 0.456. The lowest BCUT2D eigenvalue weighted by Gasteiger charge is -2.09. The second-order valence-corrected chi connectivity index (χ2v) is 3.82. The normalized spacial score (nSPS) is 11.5. The van der Waals surface area contributed by atoms with Crippen LogP contribution in [0.25, 0.3) is 0 Å². The third kappa shape index (κ3) is 4.76. The lowest BCUT2D eigenvalue weighted by Crippen LogP contribution is -2.38. The molecule has 2 amide bonds. The van der Waals surface area contributed by atoms with Crippen LogP contribution in [0.1, 0.15) is 17.3 Å². The van der Waals surface area contributed by atoms with E-state index < -0.39 is 24.6 Å². The predicted molar refractivity (Wildman–Crippen MR) is 67.1 cm³/mol. The van der Waals surface area contributed by atoms with Crippen molar-refractivity contribution in [3.05, 3.63) is 29.8 Å². The smallest absolute Gasteiger partial charge is 0.334 e. The minimum absolute atomic E-state index is 0.0828. The highest BCUT2D eigenvalue weighted by atomic mass is 16.4. The molecule has 0 saturated heterocycles. The summed E-state index contributed by atoms with van der Waals surface area (Å²) in [6.45, 7) is 1.04. The number of ketones is 1. The number of hydrogen-bond donors (Lipinski definition) is 4. The first-order valence-corrected chi connectivity index (χ1v) is 5.47. The summed E-state index contributed by atoms with van der Waals surface area (Å²) < 4.78 is 0. The highest BCUT2D eigenvalue weighted by Gasteiger charge is 2.13. The number of aliphatic carboxylic acids is 1. The summed E-state index contributed by atoms with van der Waals surface area (Å²) in [6, 6.07) is 5.57. The Labute approximate surface area is 109 Å². The van der Waals surface area contributed by atoms with Gasteiger partial charge in [-0.15, -0.1) is 0 Å². The molecule has 0 aliphatic heterocycles. The van der Waals surface area contributed by atoms with Gasteiger partial charge in [0.25, 0.3) is 0 Å². The largest absolute Gasteiger partial charge is 0.479 e. The van der Waals surface area contributed by atoms with Crippen molar-refractivity contribution in [1.29, 1.82) is 0 Å². The van der Waals surface area contributed by atoms with Gasteiger partial charge in [0, 0.05) is 11.3 Å². The third-order valence-corrected chi connectivity index (χ3v) is 2.29. The van der Waals surface area contributed by atoms with Gasteiger partial charge in [0.15, 0.2) is 11.9 Å². The molecule has 0 bridgehead atoms. The number of carboxylic acid groups (broad SMARTS) is 1. The highest BCUT2D eigenvalue weighted by Crippen LogP contribution is 2.09. The van der Waals surface area contributed by atoms with Gasteiger partial charge >= 0.3 is 12.0 Å². The number of carbonyl (C=O) groups is 3. The van der Waals surface area contributed by atoms with Gasteiger partial charge in [0.05, 0.1) is 6.54 Å². The molecule has 0 aromatic heterocycles. The summed E-state index contributed by atoms with van der Waals surface area (Å²) in [5, 5.41) is 22.0. The van der Waals surface area contributed by atoms with Gasteiger partial charge in [-0.1, -0.05) is 0 Å². The minimum Gasteiger partial charge on any atom is -0.479 e. The Hall–Kier alpha value is -2.41. The number of aliphatic hydroxyl groups excluding tert-OH is 1. The van der Waals surface area contributed by atoms with Crippen LogP contribution in [0.15, 0.2) is 24.3 Å². The maximum absolute atomic E-state index is 11.4. The number of hydrogen-bond acceptors (Lipinski definition) is 4. The van der Waals surface area contributed by atoms with E-state index in [1.165, 1.54) is 6.92 Å². The van der Waals surface area contributed by atoms with Crippen LogP contribution in [-0.2, 0) is 4.79 Å².